The van der Waals surface area contributed by atoms with E-state index in [0.29, 0.717) is 57.8 Å². The lowest BCUT2D eigenvalue weighted by Crippen LogP contribution is -2.45. The normalized spacial score (nSPS) is 14.8. The summed E-state index contributed by atoms with van der Waals surface area (Å²) < 4.78 is 22.0. The average molecular weight is 953 g/mol. The summed E-state index contributed by atoms with van der Waals surface area (Å²) in [6.07, 6.45) is 7.88. The maximum atomic E-state index is 9.48. The summed E-state index contributed by atoms with van der Waals surface area (Å²) in [5.74, 6) is 1.10. The zero-order valence-electron chi connectivity index (χ0n) is 40.6. The first kappa shape index (κ1) is 48.2. The van der Waals surface area contributed by atoms with Crippen molar-refractivity contribution in [2.24, 2.45) is 0 Å². The molecule has 8 aromatic rings. The zero-order chi connectivity index (χ0) is 49.5. The van der Waals surface area contributed by atoms with E-state index in [9.17, 15) is 10.5 Å². The molecule has 2 N–H and O–H groups in total. The van der Waals surface area contributed by atoms with Crippen molar-refractivity contribution in [2.45, 2.75) is 84.0 Å². The Labute approximate surface area is 417 Å². The summed E-state index contributed by atoms with van der Waals surface area (Å²) in [5, 5.41) is 34.5. The molecule has 10 rings (SSSR count). The molecule has 2 saturated heterocycles. The summed E-state index contributed by atoms with van der Waals surface area (Å²) in [6.45, 7) is 15.9. The number of nitriles is 2. The first-order valence-corrected chi connectivity index (χ1v) is 23.5. The van der Waals surface area contributed by atoms with Gasteiger partial charge < -0.3 is 29.2 Å². The third kappa shape index (κ3) is 11.3. The second-order valence-electron chi connectivity index (χ2n) is 18.8. The van der Waals surface area contributed by atoms with Crippen LogP contribution in [0.25, 0.3) is 67.9 Å². The number of benzene rings is 2. The fraction of sp³-hybridized carbons (Fsp3) is 0.309. The molecule has 1 atom stereocenters. The first-order chi connectivity index (χ1) is 34.3. The molecule has 0 saturated carbocycles. The molecule has 2 aliphatic rings. The van der Waals surface area contributed by atoms with Crippen molar-refractivity contribution < 1.29 is 22.8 Å². The van der Waals surface area contributed by atoms with Crippen LogP contribution in [0.1, 0.15) is 72.3 Å². The van der Waals surface area contributed by atoms with E-state index >= 15 is 0 Å². The Hall–Kier alpha value is -7.86. The minimum Gasteiger partial charge on any atom is -0.380 e. The smallest absolute Gasteiger partial charge is 0.187 e. The Bertz CT molecular complexity index is 3230. The fourth-order valence-electron chi connectivity index (χ4n) is 7.83. The molecule has 8 heterocycles. The molecule has 2 aliphatic heterocycles. The van der Waals surface area contributed by atoms with E-state index in [4.69, 9.17) is 28.5 Å². The number of pyridine rings is 2. The number of hydrogen-bond donors (Lipinski definition) is 2. The Morgan fingerprint density at radius 1 is 0.563 bits per heavy atom. The average Bonchev–Trinajstić information content (AvgIpc) is 4.21. The van der Waals surface area contributed by atoms with Gasteiger partial charge in [0.15, 0.2) is 11.5 Å². The number of nitrogens with zero attached hydrogens (tertiary/aromatic N) is 10. The largest absolute Gasteiger partial charge is 0.380 e. The first-order valence-electron chi connectivity index (χ1n) is 23.5. The Morgan fingerprint density at radius 2 is 1.01 bits per heavy atom. The predicted octanol–water partition coefficient (Wildman–Crippen LogP) is 10.0. The van der Waals surface area contributed by atoms with Gasteiger partial charge in [-0.2, -0.15) is 10.5 Å². The molecule has 0 bridgehead atoms. The van der Waals surface area contributed by atoms with Crippen LogP contribution in [0.15, 0.2) is 119 Å². The van der Waals surface area contributed by atoms with Crippen molar-refractivity contribution in [3.8, 4) is 80.1 Å². The highest BCUT2D eigenvalue weighted by atomic mass is 16.5. The van der Waals surface area contributed by atoms with Gasteiger partial charge in [0.25, 0.3) is 0 Å². The number of ether oxygens (including phenoxy) is 2. The van der Waals surface area contributed by atoms with E-state index in [2.05, 4.69) is 77.3 Å². The Kier molecular flexibility index (Phi) is 14.3. The van der Waals surface area contributed by atoms with Crippen LogP contribution in [0.4, 0.5) is 0 Å². The number of aryl methyl sites for hydroxylation is 2. The topological polar surface area (TPSA) is 219 Å². The summed E-state index contributed by atoms with van der Waals surface area (Å²) >= 11 is 0. The lowest BCUT2D eigenvalue weighted by molar-refractivity contribution is -0.00578. The molecular formula is C55H60N12O4. The van der Waals surface area contributed by atoms with E-state index in [1.165, 1.54) is 11.1 Å². The molecular weight excluding hydrogens is 893 g/mol. The molecule has 0 spiro atoms. The van der Waals surface area contributed by atoms with Crippen molar-refractivity contribution in [1.82, 2.24) is 50.9 Å². The van der Waals surface area contributed by atoms with Gasteiger partial charge in [-0.15, -0.1) is 0 Å². The fourth-order valence-corrected chi connectivity index (χ4v) is 7.83. The minimum absolute atomic E-state index is 0. The molecule has 364 valence electrons. The van der Waals surface area contributed by atoms with Gasteiger partial charge in [0, 0.05) is 76.8 Å². The van der Waals surface area contributed by atoms with Crippen molar-refractivity contribution in [3.63, 3.8) is 0 Å². The van der Waals surface area contributed by atoms with Crippen LogP contribution in [0.5, 0.6) is 0 Å². The van der Waals surface area contributed by atoms with Gasteiger partial charge >= 0.3 is 0 Å². The second-order valence-corrected chi connectivity index (χ2v) is 18.8. The van der Waals surface area contributed by atoms with Gasteiger partial charge in [0.2, 0.25) is 0 Å². The van der Waals surface area contributed by atoms with E-state index in [1.54, 1.807) is 24.8 Å². The quantitative estimate of drug-likeness (QED) is 0.104. The molecule has 1 unspecified atom stereocenters. The highest BCUT2D eigenvalue weighted by Crippen LogP contribution is 2.32. The second kappa shape index (κ2) is 21.0. The maximum Gasteiger partial charge on any atom is 0.187 e. The SMILES string of the molecule is Cc1ncc(-c2ccnc(C(C)(C)C#N)c2)nc1-c1cc(-c2ccc(CNC3CCOC3)cc2)no1.Cc1ncc(-c2ccnc(C(C)(C)C#N)c2)nc1-c1cc(-c2ccc(CNC3COC3)cc2)no1.[HH].[HH].[HH]. The minimum atomic E-state index is -0.701. The highest BCUT2D eigenvalue weighted by Gasteiger charge is 2.25. The monoisotopic (exact) mass is 952 g/mol. The molecule has 2 aromatic carbocycles. The van der Waals surface area contributed by atoms with E-state index < -0.39 is 10.8 Å². The van der Waals surface area contributed by atoms with Crippen LogP contribution in [0.2, 0.25) is 0 Å². The molecule has 2 fully saturated rings. The maximum absolute atomic E-state index is 9.48. The molecule has 71 heavy (non-hydrogen) atoms. The summed E-state index contributed by atoms with van der Waals surface area (Å²) in [6, 6.07) is 33.3. The van der Waals surface area contributed by atoms with Gasteiger partial charge in [-0.05, 0) is 83.4 Å². The van der Waals surface area contributed by atoms with Gasteiger partial charge in [0.05, 0.1) is 95.4 Å². The van der Waals surface area contributed by atoms with Crippen LogP contribution in [-0.2, 0) is 33.4 Å². The van der Waals surface area contributed by atoms with E-state index in [1.807, 2.05) is 102 Å². The number of hydrogen-bond acceptors (Lipinski definition) is 16. The number of nitrogens with one attached hydrogen (secondary N) is 2. The van der Waals surface area contributed by atoms with Crippen molar-refractivity contribution in [3.05, 3.63) is 144 Å². The van der Waals surface area contributed by atoms with Crippen molar-refractivity contribution in [2.75, 3.05) is 26.4 Å². The summed E-state index contributed by atoms with van der Waals surface area (Å²) in [7, 11) is 0. The molecule has 0 aliphatic carbocycles. The van der Waals surface area contributed by atoms with Crippen LogP contribution in [0, 0.1) is 36.5 Å². The Balaban J connectivity index is 0.000000232. The molecule has 0 radical (unpaired) electrons. The van der Waals surface area contributed by atoms with E-state index in [0.717, 1.165) is 91.0 Å². The zero-order valence-corrected chi connectivity index (χ0v) is 40.6. The molecule has 16 nitrogen and oxygen atoms in total. The van der Waals surface area contributed by atoms with Crippen molar-refractivity contribution >= 4 is 0 Å². The standard InChI is InChI=1S/C28H28N6O2.C27H26N6O2.3H2/c1-18-27(33-24(15-31-18)21-8-10-30-26(12-21)28(2,3)17-29)25-13-23(34-36-25)20-6-4-19(5-7-20)14-32-22-9-11-35-16-22;1-17-26(32-23(13-30-17)20-8-9-29-25(10-20)27(2,3)16-28)24-11-22(33-35-24)19-6-4-18(5-7-19)12-31-21-14-34-15-21;;;/h4-8,10,12-13,15,22,32H,9,11,14,16H2,1-3H3;4-11,13,21,31H,12,14-15H2,1-3H3;3*1H. The summed E-state index contributed by atoms with van der Waals surface area (Å²) in [5.41, 5.74) is 11.6. The Morgan fingerprint density at radius 3 is 1.42 bits per heavy atom. The van der Waals surface area contributed by atoms with Gasteiger partial charge in [-0.25, -0.2) is 9.97 Å². The lowest BCUT2D eigenvalue weighted by atomic mass is 9.90. The van der Waals surface area contributed by atoms with Gasteiger partial charge in [0.1, 0.15) is 22.8 Å². The molecule has 16 heteroatoms. The van der Waals surface area contributed by atoms with Crippen LogP contribution in [-0.4, -0.2) is 78.7 Å². The highest BCUT2D eigenvalue weighted by molar-refractivity contribution is 5.70. The summed E-state index contributed by atoms with van der Waals surface area (Å²) in [4.78, 5) is 27.4. The third-order valence-corrected chi connectivity index (χ3v) is 12.6. The van der Waals surface area contributed by atoms with Gasteiger partial charge in [-0.1, -0.05) is 58.8 Å². The van der Waals surface area contributed by atoms with Gasteiger partial charge in [-0.3, -0.25) is 19.9 Å². The van der Waals surface area contributed by atoms with Crippen LogP contribution < -0.4 is 10.6 Å². The number of rotatable bonds is 14. The van der Waals surface area contributed by atoms with Crippen LogP contribution >= 0.6 is 0 Å². The van der Waals surface area contributed by atoms with Crippen LogP contribution in [0.3, 0.4) is 0 Å². The molecule has 6 aromatic heterocycles. The predicted molar refractivity (Wildman–Crippen MR) is 273 cm³/mol. The van der Waals surface area contributed by atoms with Crippen molar-refractivity contribution in [1.29, 1.82) is 10.5 Å². The van der Waals surface area contributed by atoms with E-state index in [-0.39, 0.29) is 4.28 Å². The number of aromatic nitrogens is 8. The molecule has 0 amide bonds. The lowest BCUT2D eigenvalue weighted by Gasteiger charge is -2.27. The third-order valence-electron chi connectivity index (χ3n) is 12.6.